The maximum absolute atomic E-state index is 13.9. The lowest BCUT2D eigenvalue weighted by molar-refractivity contribution is -0.139. The monoisotopic (exact) mass is 634 g/mol. The molecule has 0 bridgehead atoms. The molecule has 2 heterocycles. The van der Waals surface area contributed by atoms with Crippen molar-refractivity contribution in [2.75, 3.05) is 20.8 Å². The molecular weight excluding hydrogens is 604 g/mol. The van der Waals surface area contributed by atoms with Crippen molar-refractivity contribution >= 4 is 33.5 Å². The number of fused-ring (bicyclic) bond motifs is 1. The Kier molecular flexibility index (Phi) is 8.75. The van der Waals surface area contributed by atoms with Gasteiger partial charge in [-0.3, -0.25) is 9.36 Å². The van der Waals surface area contributed by atoms with E-state index >= 15 is 0 Å². The molecule has 0 amide bonds. The summed E-state index contributed by atoms with van der Waals surface area (Å²) in [5.41, 5.74) is 2.51. The SMILES string of the molecule is CCOC(=O)C1=C(C)N=c2s/c(=C/c3ccc(OS(=O)(=O)c4ccc(C)cc4)cc3)c(=O)n2C1c1ccc(OC)c(OC)c1. The van der Waals surface area contributed by atoms with E-state index in [-0.39, 0.29) is 28.4 Å². The summed E-state index contributed by atoms with van der Waals surface area (Å²) >= 11 is 1.18. The Hall–Kier alpha value is -4.68. The van der Waals surface area contributed by atoms with Crippen molar-refractivity contribution in [1.82, 2.24) is 4.57 Å². The molecule has 3 aromatic carbocycles. The first-order valence-corrected chi connectivity index (χ1v) is 15.8. The number of hydrogen-bond acceptors (Lipinski definition) is 10. The van der Waals surface area contributed by atoms with Crippen LogP contribution < -0.4 is 28.5 Å². The van der Waals surface area contributed by atoms with Crippen molar-refractivity contribution < 1.29 is 31.6 Å². The van der Waals surface area contributed by atoms with Crippen molar-refractivity contribution in [2.24, 2.45) is 4.99 Å². The smallest absolute Gasteiger partial charge is 0.339 e. The number of benzene rings is 3. The number of allylic oxidation sites excluding steroid dienone is 1. The van der Waals surface area contributed by atoms with Crippen LogP contribution in [-0.4, -0.2) is 39.8 Å². The average molecular weight is 635 g/mol. The first kappa shape index (κ1) is 30.8. The zero-order chi connectivity index (χ0) is 31.6. The van der Waals surface area contributed by atoms with Crippen molar-refractivity contribution in [1.29, 1.82) is 0 Å². The van der Waals surface area contributed by atoms with Crippen LogP contribution in [0.25, 0.3) is 6.08 Å². The lowest BCUT2D eigenvalue weighted by Crippen LogP contribution is -2.39. The number of aryl methyl sites for hydroxylation is 1. The zero-order valence-corrected chi connectivity index (χ0v) is 26.3. The number of methoxy groups -OCH3 is 2. The minimum Gasteiger partial charge on any atom is -0.493 e. The lowest BCUT2D eigenvalue weighted by atomic mass is 9.95. The molecule has 0 aliphatic carbocycles. The predicted molar refractivity (Wildman–Crippen MR) is 165 cm³/mol. The van der Waals surface area contributed by atoms with Crippen molar-refractivity contribution in [3.63, 3.8) is 0 Å². The molecular formula is C32H30N2O8S2. The molecule has 0 saturated heterocycles. The molecule has 1 atom stereocenters. The van der Waals surface area contributed by atoms with Crippen LogP contribution in [-0.2, 0) is 19.6 Å². The molecule has 1 aliphatic heterocycles. The number of hydrogen-bond donors (Lipinski definition) is 0. The Balaban J connectivity index is 1.54. The van der Waals surface area contributed by atoms with Gasteiger partial charge in [0.25, 0.3) is 5.56 Å². The van der Waals surface area contributed by atoms with E-state index in [1.807, 2.05) is 6.92 Å². The second kappa shape index (κ2) is 12.5. The Morgan fingerprint density at radius 1 is 0.977 bits per heavy atom. The van der Waals surface area contributed by atoms with E-state index in [0.717, 1.165) is 5.56 Å². The Labute approximate surface area is 258 Å². The summed E-state index contributed by atoms with van der Waals surface area (Å²) in [7, 11) is -0.975. The van der Waals surface area contributed by atoms with E-state index < -0.39 is 22.1 Å². The van der Waals surface area contributed by atoms with Crippen LogP contribution in [0, 0.1) is 6.92 Å². The van der Waals surface area contributed by atoms with Crippen LogP contribution in [0.4, 0.5) is 0 Å². The number of carbonyl (C=O) groups excluding carboxylic acids is 1. The quantitative estimate of drug-likeness (QED) is 0.201. The molecule has 44 heavy (non-hydrogen) atoms. The fourth-order valence-electron chi connectivity index (χ4n) is 4.78. The normalized spacial score (nSPS) is 14.9. The summed E-state index contributed by atoms with van der Waals surface area (Å²) in [4.78, 5) is 32.1. The molecule has 0 N–H and O–H groups in total. The Morgan fingerprint density at radius 3 is 2.30 bits per heavy atom. The summed E-state index contributed by atoms with van der Waals surface area (Å²) in [6.45, 7) is 5.44. The van der Waals surface area contributed by atoms with E-state index in [9.17, 15) is 18.0 Å². The summed E-state index contributed by atoms with van der Waals surface area (Å²) in [5, 5.41) is 0. The maximum atomic E-state index is 13.9. The van der Waals surface area contributed by atoms with Crippen molar-refractivity contribution in [2.45, 2.75) is 31.7 Å². The molecule has 0 saturated carbocycles. The van der Waals surface area contributed by atoms with Crippen molar-refractivity contribution in [3.8, 4) is 17.2 Å². The Bertz CT molecular complexity index is 2040. The minimum absolute atomic E-state index is 0.0507. The third kappa shape index (κ3) is 6.03. The van der Waals surface area contributed by atoms with Gasteiger partial charge in [-0.25, -0.2) is 9.79 Å². The number of nitrogens with zero attached hydrogens (tertiary/aromatic N) is 2. The molecule has 12 heteroatoms. The zero-order valence-electron chi connectivity index (χ0n) is 24.7. The fraction of sp³-hybridized carbons (Fsp3) is 0.219. The van der Waals surface area contributed by atoms with Crippen LogP contribution in [0.1, 0.15) is 36.6 Å². The first-order chi connectivity index (χ1) is 21.1. The number of ether oxygens (including phenoxy) is 3. The van der Waals surface area contributed by atoms with E-state index in [4.69, 9.17) is 18.4 Å². The van der Waals surface area contributed by atoms with Gasteiger partial charge < -0.3 is 18.4 Å². The second-order valence-corrected chi connectivity index (χ2v) is 12.4. The molecule has 0 spiro atoms. The van der Waals surface area contributed by atoms with Gasteiger partial charge >= 0.3 is 16.1 Å². The van der Waals surface area contributed by atoms with Crippen LogP contribution >= 0.6 is 11.3 Å². The fourth-order valence-corrected chi connectivity index (χ4v) is 6.76. The lowest BCUT2D eigenvalue weighted by Gasteiger charge is -2.25. The molecule has 10 nitrogen and oxygen atoms in total. The molecule has 1 unspecified atom stereocenters. The number of aromatic nitrogens is 1. The van der Waals surface area contributed by atoms with Gasteiger partial charge in [0.15, 0.2) is 16.3 Å². The largest absolute Gasteiger partial charge is 0.493 e. The number of thiazole rings is 1. The third-order valence-electron chi connectivity index (χ3n) is 6.93. The second-order valence-electron chi connectivity index (χ2n) is 9.84. The van der Waals surface area contributed by atoms with Crippen LogP contribution in [0.3, 0.4) is 0 Å². The van der Waals surface area contributed by atoms with E-state index in [2.05, 4.69) is 4.99 Å². The summed E-state index contributed by atoms with van der Waals surface area (Å²) in [6.07, 6.45) is 1.68. The summed E-state index contributed by atoms with van der Waals surface area (Å²) in [6, 6.07) is 17.1. The van der Waals surface area contributed by atoms with Gasteiger partial charge in [-0.1, -0.05) is 47.2 Å². The highest BCUT2D eigenvalue weighted by Crippen LogP contribution is 2.36. The van der Waals surface area contributed by atoms with Crippen molar-refractivity contribution in [3.05, 3.63) is 114 Å². The van der Waals surface area contributed by atoms with Crippen LogP contribution in [0.15, 0.2) is 92.7 Å². The third-order valence-corrected chi connectivity index (χ3v) is 9.18. The molecule has 0 fully saturated rings. The van der Waals surface area contributed by atoms with Gasteiger partial charge in [-0.15, -0.1) is 0 Å². The molecule has 5 rings (SSSR count). The highest BCUT2D eigenvalue weighted by molar-refractivity contribution is 7.87. The van der Waals surface area contributed by atoms with E-state index in [1.54, 1.807) is 62.4 Å². The highest BCUT2D eigenvalue weighted by Gasteiger charge is 2.34. The van der Waals surface area contributed by atoms with Gasteiger partial charge in [-0.05, 0) is 74.4 Å². The average Bonchev–Trinajstić information content (AvgIpc) is 3.30. The number of carbonyl (C=O) groups is 1. The van der Waals surface area contributed by atoms with Gasteiger partial charge in [-0.2, -0.15) is 8.42 Å². The predicted octanol–water partition coefficient (Wildman–Crippen LogP) is 3.89. The van der Waals surface area contributed by atoms with Crippen LogP contribution in [0.2, 0.25) is 0 Å². The summed E-state index contributed by atoms with van der Waals surface area (Å²) < 4.78 is 48.7. The number of rotatable bonds is 9. The standard InChI is InChI=1S/C32H30N2O8S2/c1-6-41-31(36)28-20(3)33-32-34(29(28)22-11-16-25(39-4)26(18-22)40-5)30(35)27(43-32)17-21-9-12-23(13-10-21)42-44(37,38)24-14-7-19(2)8-15-24/h7-18,29H,6H2,1-5H3/b27-17+. The maximum Gasteiger partial charge on any atom is 0.339 e. The molecule has 1 aromatic heterocycles. The van der Waals surface area contributed by atoms with Gasteiger partial charge in [0, 0.05) is 0 Å². The molecule has 228 valence electrons. The number of esters is 1. The van der Waals surface area contributed by atoms with E-state index in [0.29, 0.717) is 37.7 Å². The highest BCUT2D eigenvalue weighted by atomic mass is 32.2. The topological polar surface area (TPSA) is 122 Å². The minimum atomic E-state index is -4.01. The van der Waals surface area contributed by atoms with Crippen LogP contribution in [0.5, 0.6) is 17.2 Å². The molecule has 1 aliphatic rings. The van der Waals surface area contributed by atoms with E-state index in [1.165, 1.54) is 54.4 Å². The van der Waals surface area contributed by atoms with Gasteiger partial charge in [0.05, 0.1) is 42.7 Å². The summed E-state index contributed by atoms with van der Waals surface area (Å²) in [5.74, 6) is 0.504. The van der Waals surface area contributed by atoms with Gasteiger partial charge in [0.2, 0.25) is 0 Å². The first-order valence-electron chi connectivity index (χ1n) is 13.6. The van der Waals surface area contributed by atoms with Gasteiger partial charge in [0.1, 0.15) is 10.6 Å². The molecule has 0 radical (unpaired) electrons. The Morgan fingerprint density at radius 2 is 1.66 bits per heavy atom. The molecule has 4 aromatic rings.